The molecule has 0 bridgehead atoms. The summed E-state index contributed by atoms with van der Waals surface area (Å²) >= 11 is 0. The van der Waals surface area contributed by atoms with E-state index in [1.807, 2.05) is 12.1 Å². The molecule has 0 saturated heterocycles. The van der Waals surface area contributed by atoms with E-state index in [2.05, 4.69) is 68.3 Å². The van der Waals surface area contributed by atoms with Crippen molar-refractivity contribution in [3.05, 3.63) is 60.9 Å². The fourth-order valence-corrected chi connectivity index (χ4v) is 3.83. The second kappa shape index (κ2) is 6.43. The Labute approximate surface area is 157 Å². The zero-order valence-corrected chi connectivity index (χ0v) is 15.2. The molecule has 2 N–H and O–H groups in total. The number of hydrogen-bond acceptors (Lipinski definition) is 2. The summed E-state index contributed by atoms with van der Waals surface area (Å²) in [6.45, 7) is 3.27. The van der Waals surface area contributed by atoms with Crippen molar-refractivity contribution >= 4 is 21.8 Å². The molecular formula is C22H21N5. The van der Waals surface area contributed by atoms with E-state index in [0.29, 0.717) is 0 Å². The van der Waals surface area contributed by atoms with E-state index in [1.165, 1.54) is 34.6 Å². The first-order valence-corrected chi connectivity index (χ1v) is 9.40. The molecule has 0 radical (unpaired) electrons. The molecule has 2 aromatic carbocycles. The molecule has 0 atom stereocenters. The molecule has 0 fully saturated rings. The first-order chi connectivity index (χ1) is 13.3. The molecule has 27 heavy (non-hydrogen) atoms. The Morgan fingerprint density at radius 1 is 0.778 bits per heavy atom. The quantitative estimate of drug-likeness (QED) is 0.445. The number of nitrogens with one attached hydrogen (secondary N) is 2. The lowest BCUT2D eigenvalue weighted by molar-refractivity contribution is 0.665. The zero-order valence-electron chi connectivity index (χ0n) is 15.2. The molecule has 5 heteroatoms. The van der Waals surface area contributed by atoms with Gasteiger partial charge in [0.1, 0.15) is 0 Å². The van der Waals surface area contributed by atoms with E-state index in [-0.39, 0.29) is 0 Å². The normalized spacial score (nSPS) is 11.6. The molecule has 5 nitrogen and oxygen atoms in total. The number of rotatable bonds is 5. The van der Waals surface area contributed by atoms with Crippen molar-refractivity contribution in [1.29, 1.82) is 0 Å². The van der Waals surface area contributed by atoms with Crippen LogP contribution in [0.5, 0.6) is 0 Å². The molecule has 0 amide bonds. The number of benzene rings is 2. The standard InChI is InChI=1S/C22H21N5/c1-2-3-12-27-21-6-4-15(19-8-10-23-25-19)13-17(21)18-14-16(5-7-22(18)27)20-9-11-24-26-20/h4-11,13-14H,2-3,12H2,1H3,(H,23,25)(H,24,26). The van der Waals surface area contributed by atoms with E-state index < -0.39 is 0 Å². The van der Waals surface area contributed by atoms with E-state index >= 15 is 0 Å². The molecule has 0 aliphatic rings. The van der Waals surface area contributed by atoms with Crippen LogP contribution in [0.4, 0.5) is 0 Å². The summed E-state index contributed by atoms with van der Waals surface area (Å²) in [5.41, 5.74) is 6.95. The molecule has 5 rings (SSSR count). The molecule has 0 aliphatic heterocycles. The number of unbranched alkanes of at least 4 members (excludes halogenated alkanes) is 1. The molecule has 3 heterocycles. The van der Waals surface area contributed by atoms with Gasteiger partial charge in [-0.15, -0.1) is 0 Å². The molecule has 0 aliphatic carbocycles. The SMILES string of the molecule is CCCCn1c2ccc(-c3ccn[nH]3)cc2c2cc(-c3ccn[nH]3)ccc21. The lowest BCUT2D eigenvalue weighted by Gasteiger charge is -2.07. The third-order valence-electron chi connectivity index (χ3n) is 5.22. The molecule has 3 aromatic heterocycles. The van der Waals surface area contributed by atoms with Crippen LogP contribution in [0.3, 0.4) is 0 Å². The van der Waals surface area contributed by atoms with Crippen LogP contribution in [-0.4, -0.2) is 25.0 Å². The lowest BCUT2D eigenvalue weighted by atomic mass is 10.0. The highest BCUT2D eigenvalue weighted by Crippen LogP contribution is 2.34. The maximum absolute atomic E-state index is 4.09. The first-order valence-electron chi connectivity index (χ1n) is 9.40. The van der Waals surface area contributed by atoms with Gasteiger partial charge in [-0.1, -0.05) is 25.5 Å². The van der Waals surface area contributed by atoms with Crippen LogP contribution in [0.2, 0.25) is 0 Å². The van der Waals surface area contributed by atoms with E-state index in [1.54, 1.807) is 12.4 Å². The molecule has 5 aromatic rings. The maximum atomic E-state index is 4.09. The number of H-pyrrole nitrogens is 2. The number of nitrogens with zero attached hydrogens (tertiary/aromatic N) is 3. The summed E-state index contributed by atoms with van der Waals surface area (Å²) in [4.78, 5) is 0. The number of aromatic amines is 2. The Balaban J connectivity index is 1.77. The van der Waals surface area contributed by atoms with Gasteiger partial charge < -0.3 is 4.57 Å². The second-order valence-electron chi connectivity index (χ2n) is 6.91. The van der Waals surface area contributed by atoms with E-state index in [9.17, 15) is 0 Å². The van der Waals surface area contributed by atoms with Crippen molar-refractivity contribution in [1.82, 2.24) is 25.0 Å². The molecular weight excluding hydrogens is 334 g/mol. The third kappa shape index (κ3) is 2.63. The summed E-state index contributed by atoms with van der Waals surface area (Å²) in [5, 5.41) is 16.9. The van der Waals surface area contributed by atoms with E-state index in [0.717, 1.165) is 29.1 Å². The van der Waals surface area contributed by atoms with Crippen LogP contribution < -0.4 is 0 Å². The van der Waals surface area contributed by atoms with Gasteiger partial charge >= 0.3 is 0 Å². The van der Waals surface area contributed by atoms with Crippen LogP contribution in [0.25, 0.3) is 44.3 Å². The molecule has 0 spiro atoms. The number of aryl methyl sites for hydroxylation is 1. The van der Waals surface area contributed by atoms with Gasteiger partial charge in [-0.25, -0.2) is 0 Å². The van der Waals surface area contributed by atoms with Gasteiger partial charge in [0.05, 0.1) is 11.4 Å². The minimum absolute atomic E-state index is 1.03. The monoisotopic (exact) mass is 355 g/mol. The van der Waals surface area contributed by atoms with Crippen molar-refractivity contribution in [3.8, 4) is 22.5 Å². The van der Waals surface area contributed by atoms with Gasteiger partial charge in [-0.3, -0.25) is 10.2 Å². The smallest absolute Gasteiger partial charge is 0.0650 e. The van der Waals surface area contributed by atoms with Crippen LogP contribution in [0.1, 0.15) is 19.8 Å². The topological polar surface area (TPSA) is 62.3 Å². The summed E-state index contributed by atoms with van der Waals surface area (Å²) in [6.07, 6.45) is 5.93. The van der Waals surface area contributed by atoms with Gasteiger partial charge in [-0.2, -0.15) is 10.2 Å². The highest BCUT2D eigenvalue weighted by molar-refractivity contribution is 6.10. The summed E-state index contributed by atoms with van der Waals surface area (Å²) in [7, 11) is 0. The number of hydrogen-bond donors (Lipinski definition) is 2. The minimum atomic E-state index is 1.03. The van der Waals surface area contributed by atoms with Crippen LogP contribution in [-0.2, 0) is 6.54 Å². The van der Waals surface area contributed by atoms with Gasteiger partial charge in [0.15, 0.2) is 0 Å². The Bertz CT molecular complexity index is 1110. The predicted octanol–water partition coefficient (Wildman–Crippen LogP) is 5.37. The van der Waals surface area contributed by atoms with Gasteiger partial charge in [0.25, 0.3) is 0 Å². The first kappa shape index (κ1) is 15.9. The maximum Gasteiger partial charge on any atom is 0.0650 e. The van der Waals surface area contributed by atoms with Crippen molar-refractivity contribution in [2.24, 2.45) is 0 Å². The average molecular weight is 355 g/mol. The van der Waals surface area contributed by atoms with Gasteiger partial charge in [0, 0.05) is 51.9 Å². The Morgan fingerprint density at radius 3 is 1.78 bits per heavy atom. The Kier molecular flexibility index (Phi) is 3.78. The largest absolute Gasteiger partial charge is 0.340 e. The van der Waals surface area contributed by atoms with Gasteiger partial charge in [0.2, 0.25) is 0 Å². The fourth-order valence-electron chi connectivity index (χ4n) is 3.83. The molecule has 0 unspecified atom stereocenters. The van der Waals surface area contributed by atoms with Crippen LogP contribution >= 0.6 is 0 Å². The molecule has 134 valence electrons. The highest BCUT2D eigenvalue weighted by Gasteiger charge is 2.13. The zero-order chi connectivity index (χ0) is 18.2. The van der Waals surface area contributed by atoms with Crippen molar-refractivity contribution in [3.63, 3.8) is 0 Å². The van der Waals surface area contributed by atoms with Crippen LogP contribution in [0, 0.1) is 0 Å². The van der Waals surface area contributed by atoms with Crippen LogP contribution in [0.15, 0.2) is 60.9 Å². The highest BCUT2D eigenvalue weighted by atomic mass is 15.1. The van der Waals surface area contributed by atoms with E-state index in [4.69, 9.17) is 0 Å². The average Bonchev–Trinajstić information content (AvgIpc) is 3.46. The number of fused-ring (bicyclic) bond motifs is 3. The summed E-state index contributed by atoms with van der Waals surface area (Å²) in [5.74, 6) is 0. The van der Waals surface area contributed by atoms with Crippen molar-refractivity contribution < 1.29 is 0 Å². The summed E-state index contributed by atoms with van der Waals surface area (Å²) < 4.78 is 2.45. The Hall–Kier alpha value is -3.34. The van der Waals surface area contributed by atoms with Crippen molar-refractivity contribution in [2.75, 3.05) is 0 Å². The Morgan fingerprint density at radius 2 is 1.33 bits per heavy atom. The predicted molar refractivity (Wildman–Crippen MR) is 110 cm³/mol. The number of aromatic nitrogens is 5. The van der Waals surface area contributed by atoms with Gasteiger partial charge in [-0.05, 0) is 42.8 Å². The summed E-state index contributed by atoms with van der Waals surface area (Å²) in [6, 6.07) is 17.4. The fraction of sp³-hybridized carbons (Fsp3) is 0.182. The van der Waals surface area contributed by atoms with Crippen molar-refractivity contribution in [2.45, 2.75) is 26.3 Å². The molecule has 0 saturated carbocycles. The third-order valence-corrected chi connectivity index (χ3v) is 5.22. The minimum Gasteiger partial charge on any atom is -0.340 e. The second-order valence-corrected chi connectivity index (χ2v) is 6.91. The lowest BCUT2D eigenvalue weighted by Crippen LogP contribution is -1.97.